The molecule has 0 fully saturated rings. The summed E-state index contributed by atoms with van der Waals surface area (Å²) < 4.78 is 25.5. The van der Waals surface area contributed by atoms with Gasteiger partial charge in [-0.2, -0.15) is 0 Å². The summed E-state index contributed by atoms with van der Waals surface area (Å²) in [6.07, 6.45) is 0.977. The smallest absolute Gasteiger partial charge is 0.264 e. The molecule has 0 heterocycles. The van der Waals surface area contributed by atoms with Crippen molar-refractivity contribution in [2.24, 2.45) is 11.5 Å². The monoisotopic (exact) mass is 503 g/mol. The van der Waals surface area contributed by atoms with Gasteiger partial charge in [-0.1, -0.05) is 44.2 Å². The number of imide groups is 1. The van der Waals surface area contributed by atoms with E-state index < -0.39 is 32.6 Å². The zero-order chi connectivity index (χ0) is 26.4. The highest BCUT2D eigenvalue weighted by Crippen LogP contribution is 2.24. The molecular formula is C26H37N3O5S. The lowest BCUT2D eigenvalue weighted by atomic mass is 9.95. The summed E-state index contributed by atoms with van der Waals surface area (Å²) in [5.41, 5.74) is 15.8. The predicted octanol–water partition coefficient (Wildman–Crippen LogP) is 2.37. The molecule has 8 nitrogen and oxygen atoms in total. The zero-order valence-corrected chi connectivity index (χ0v) is 21.8. The molecule has 35 heavy (non-hydrogen) atoms. The molecule has 0 aliphatic heterocycles. The molecule has 0 bridgehead atoms. The number of hydrogen-bond donors (Lipinski definition) is 3. The van der Waals surface area contributed by atoms with Crippen molar-refractivity contribution in [2.45, 2.75) is 64.3 Å². The Morgan fingerprint density at radius 1 is 1.09 bits per heavy atom. The third kappa shape index (κ3) is 6.48. The van der Waals surface area contributed by atoms with Crippen LogP contribution in [0.15, 0.2) is 42.5 Å². The molecule has 1 unspecified atom stereocenters. The van der Waals surface area contributed by atoms with Crippen LogP contribution in [0.3, 0.4) is 0 Å². The zero-order valence-electron chi connectivity index (χ0n) is 21.0. The molecule has 0 aromatic heterocycles. The molecule has 0 radical (unpaired) electrons. The lowest BCUT2D eigenvalue weighted by molar-refractivity contribution is -0.147. The van der Waals surface area contributed by atoms with E-state index in [1.54, 1.807) is 26.0 Å². The Labute approximate surface area is 208 Å². The molecule has 0 spiro atoms. The first-order valence-electron chi connectivity index (χ1n) is 11.8. The van der Waals surface area contributed by atoms with Gasteiger partial charge in [-0.3, -0.25) is 14.5 Å². The summed E-state index contributed by atoms with van der Waals surface area (Å²) in [5.74, 6) is -1.84. The molecule has 9 heteroatoms. The Balaban J connectivity index is 2.36. The molecule has 0 saturated heterocycles. The molecule has 0 aliphatic carbocycles. The molecule has 5 N–H and O–H groups in total. The van der Waals surface area contributed by atoms with Gasteiger partial charge in [-0.25, -0.2) is 8.42 Å². The van der Waals surface area contributed by atoms with E-state index in [1.165, 1.54) is 13.8 Å². The number of hydrogen-bond acceptors (Lipinski definition) is 7. The first-order valence-corrected chi connectivity index (χ1v) is 13.5. The van der Waals surface area contributed by atoms with E-state index in [1.807, 2.05) is 30.3 Å². The van der Waals surface area contributed by atoms with Gasteiger partial charge >= 0.3 is 0 Å². The second-order valence-corrected chi connectivity index (χ2v) is 11.4. The van der Waals surface area contributed by atoms with E-state index in [-0.39, 0.29) is 30.9 Å². The third-order valence-electron chi connectivity index (χ3n) is 6.45. The highest BCUT2D eigenvalue weighted by Gasteiger charge is 2.48. The summed E-state index contributed by atoms with van der Waals surface area (Å²) in [7, 11) is -4.00. The number of carbonyl (C=O) groups is 2. The number of phenolic OH excluding ortho intramolecular Hbond substituents is 1. The number of rotatable bonds is 11. The summed E-state index contributed by atoms with van der Waals surface area (Å²) in [6.45, 7) is 6.53. The van der Waals surface area contributed by atoms with Crippen LogP contribution in [0.4, 0.5) is 0 Å². The van der Waals surface area contributed by atoms with Crippen molar-refractivity contribution < 1.29 is 23.1 Å². The maximum atomic E-state index is 13.5. The van der Waals surface area contributed by atoms with Gasteiger partial charge in [0.1, 0.15) is 5.75 Å². The first kappa shape index (κ1) is 28.5. The number of nitrogens with zero attached hydrogens (tertiary/aromatic N) is 1. The fourth-order valence-corrected chi connectivity index (χ4v) is 5.52. The van der Waals surface area contributed by atoms with Crippen LogP contribution in [-0.2, 0) is 32.3 Å². The normalized spacial score (nSPS) is 14.2. The van der Waals surface area contributed by atoms with Crippen molar-refractivity contribution >= 4 is 21.7 Å². The van der Waals surface area contributed by atoms with E-state index in [4.69, 9.17) is 11.5 Å². The minimum atomic E-state index is -4.00. The Morgan fingerprint density at radius 3 is 2.17 bits per heavy atom. The summed E-state index contributed by atoms with van der Waals surface area (Å²) >= 11 is 0. The number of nitrogens with two attached hydrogens (primary N) is 2. The SMILES string of the molecule is CCC(N)(C(=O)N(CCCc1ccccc1)C(=O)[C@@H](N)Cc1c(C)cc(O)cc1C)S(=O)(=O)CC. The van der Waals surface area contributed by atoms with Gasteiger partial charge in [0.15, 0.2) is 14.7 Å². The van der Waals surface area contributed by atoms with Crippen molar-refractivity contribution in [3.8, 4) is 5.75 Å². The van der Waals surface area contributed by atoms with Gasteiger partial charge in [-0.15, -0.1) is 0 Å². The van der Waals surface area contributed by atoms with Crippen LogP contribution in [-0.4, -0.2) is 53.4 Å². The quantitative estimate of drug-likeness (QED) is 0.427. The number of aryl methyl sites for hydroxylation is 3. The summed E-state index contributed by atoms with van der Waals surface area (Å²) in [5, 5.41) is 9.81. The lowest BCUT2D eigenvalue weighted by Crippen LogP contribution is -2.63. The van der Waals surface area contributed by atoms with Crippen LogP contribution in [0.1, 0.15) is 48.9 Å². The maximum Gasteiger partial charge on any atom is 0.264 e. The molecule has 0 aliphatic rings. The van der Waals surface area contributed by atoms with Crippen LogP contribution < -0.4 is 11.5 Å². The maximum absolute atomic E-state index is 13.5. The lowest BCUT2D eigenvalue weighted by Gasteiger charge is -2.33. The number of aromatic hydroxyl groups is 1. The van der Waals surface area contributed by atoms with Gasteiger partial charge in [0, 0.05) is 12.3 Å². The Morgan fingerprint density at radius 2 is 1.66 bits per heavy atom. The average molecular weight is 504 g/mol. The summed E-state index contributed by atoms with van der Waals surface area (Å²) in [6, 6.07) is 11.6. The van der Waals surface area contributed by atoms with E-state index >= 15 is 0 Å². The predicted molar refractivity (Wildman–Crippen MR) is 137 cm³/mol. The minimum Gasteiger partial charge on any atom is -0.508 e. The van der Waals surface area contributed by atoms with Crippen molar-refractivity contribution in [1.29, 1.82) is 0 Å². The Bertz CT molecular complexity index is 1130. The van der Waals surface area contributed by atoms with Crippen LogP contribution >= 0.6 is 0 Å². The van der Waals surface area contributed by atoms with Gasteiger partial charge in [-0.05, 0) is 73.9 Å². The second kappa shape index (κ2) is 11.8. The Hall–Kier alpha value is -2.75. The number of carbonyl (C=O) groups excluding carboxylic acids is 2. The second-order valence-electron chi connectivity index (χ2n) is 8.90. The van der Waals surface area contributed by atoms with Crippen LogP contribution in [0.2, 0.25) is 0 Å². The van der Waals surface area contributed by atoms with Gasteiger partial charge < -0.3 is 16.6 Å². The highest BCUT2D eigenvalue weighted by molar-refractivity contribution is 7.93. The van der Waals surface area contributed by atoms with Crippen LogP contribution in [0.5, 0.6) is 5.75 Å². The first-order chi connectivity index (χ1) is 16.4. The minimum absolute atomic E-state index is 0.00795. The third-order valence-corrected chi connectivity index (χ3v) is 8.78. The van der Waals surface area contributed by atoms with Crippen molar-refractivity contribution in [3.05, 3.63) is 64.7 Å². The van der Waals surface area contributed by atoms with E-state index in [2.05, 4.69) is 0 Å². The number of benzene rings is 2. The standard InChI is InChI=1S/C26H37N3O5S/c1-5-26(28,35(33,34)6-2)25(32)29(14-10-13-20-11-8-7-9-12-20)24(31)23(27)17-22-18(3)15-21(30)16-19(22)4/h7-9,11-12,15-16,23,30H,5-6,10,13-14,17,27-28H2,1-4H3/t23-,26?/m0/s1. The van der Waals surface area contributed by atoms with Crippen LogP contribution in [0.25, 0.3) is 0 Å². The molecular weight excluding hydrogens is 466 g/mol. The molecule has 0 saturated carbocycles. The molecule has 2 amide bonds. The molecule has 2 atom stereocenters. The number of sulfone groups is 1. The molecule has 2 aromatic carbocycles. The van der Waals surface area contributed by atoms with Crippen LogP contribution in [0, 0.1) is 13.8 Å². The van der Waals surface area contributed by atoms with Crippen molar-refractivity contribution in [1.82, 2.24) is 4.90 Å². The van der Waals surface area contributed by atoms with Gasteiger partial charge in [0.2, 0.25) is 5.91 Å². The average Bonchev–Trinajstić information content (AvgIpc) is 2.83. The topological polar surface area (TPSA) is 144 Å². The van der Waals surface area contributed by atoms with E-state index in [0.717, 1.165) is 27.2 Å². The van der Waals surface area contributed by atoms with Gasteiger partial charge in [0.25, 0.3) is 5.91 Å². The Kier molecular flexibility index (Phi) is 9.60. The fraction of sp³-hybridized carbons (Fsp3) is 0.462. The van der Waals surface area contributed by atoms with Crippen molar-refractivity contribution in [2.75, 3.05) is 12.3 Å². The van der Waals surface area contributed by atoms with E-state index in [9.17, 15) is 23.1 Å². The van der Waals surface area contributed by atoms with Crippen molar-refractivity contribution in [3.63, 3.8) is 0 Å². The summed E-state index contributed by atoms with van der Waals surface area (Å²) in [4.78, 5) is 25.7. The van der Waals surface area contributed by atoms with Gasteiger partial charge in [0.05, 0.1) is 6.04 Å². The number of amides is 2. The number of phenols is 1. The van der Waals surface area contributed by atoms with E-state index in [0.29, 0.717) is 12.8 Å². The molecule has 2 aromatic rings. The molecule has 2 rings (SSSR count). The fourth-order valence-electron chi connectivity index (χ4n) is 4.19. The highest BCUT2D eigenvalue weighted by atomic mass is 32.2. The largest absolute Gasteiger partial charge is 0.508 e. The molecule has 192 valence electrons.